The van der Waals surface area contributed by atoms with E-state index in [9.17, 15) is 17.9 Å². The number of halogens is 1. The van der Waals surface area contributed by atoms with Gasteiger partial charge in [-0.05, 0) is 67.8 Å². The normalized spacial score (nSPS) is 18.9. The number of nitrogens with zero attached hydrogens (tertiary/aromatic N) is 3. The van der Waals surface area contributed by atoms with Crippen LogP contribution in [0.15, 0.2) is 48.7 Å². The van der Waals surface area contributed by atoms with Crippen molar-refractivity contribution in [2.45, 2.75) is 32.9 Å². The van der Waals surface area contributed by atoms with Crippen LogP contribution in [0.3, 0.4) is 0 Å². The highest BCUT2D eigenvalue weighted by Crippen LogP contribution is 2.35. The van der Waals surface area contributed by atoms with Crippen LogP contribution >= 0.6 is 0 Å². The number of hydrogen-bond donors (Lipinski definition) is 2. The zero-order valence-electron chi connectivity index (χ0n) is 19.3. The molecule has 0 spiro atoms. The van der Waals surface area contributed by atoms with Crippen molar-refractivity contribution in [1.29, 1.82) is 0 Å². The Hall–Kier alpha value is -2.88. The molecule has 0 saturated heterocycles. The second-order valence-corrected chi connectivity index (χ2v) is 11.0. The van der Waals surface area contributed by atoms with E-state index in [1.807, 2.05) is 20.0 Å². The summed E-state index contributed by atoms with van der Waals surface area (Å²) in [7, 11) is -3.66. The first kappa shape index (κ1) is 22.9. The summed E-state index contributed by atoms with van der Waals surface area (Å²) in [5.41, 5.74) is 4.53. The predicted octanol–water partition coefficient (Wildman–Crippen LogP) is 4.08. The quantitative estimate of drug-likeness (QED) is 0.572. The monoisotopic (exact) mass is 484 g/mol. The van der Waals surface area contributed by atoms with Gasteiger partial charge in [0, 0.05) is 61.4 Å². The molecule has 2 aromatic carbocycles. The summed E-state index contributed by atoms with van der Waals surface area (Å²) in [6, 6.07) is 9.48. The lowest BCUT2D eigenvalue weighted by molar-refractivity contribution is 0.304. The molecule has 5 rings (SSSR count). The van der Waals surface area contributed by atoms with Crippen LogP contribution in [0.25, 0.3) is 16.5 Å². The fraction of sp³-hybridized carbons (Fsp3) is 0.360. The number of benzene rings is 2. The van der Waals surface area contributed by atoms with Crippen LogP contribution in [0, 0.1) is 5.82 Å². The number of anilines is 1. The molecule has 2 aliphatic heterocycles. The van der Waals surface area contributed by atoms with Crippen LogP contribution in [0.1, 0.15) is 31.4 Å². The van der Waals surface area contributed by atoms with Crippen LogP contribution in [0.5, 0.6) is 5.75 Å². The smallest absolute Gasteiger partial charge is 0.304 e. The third-order valence-electron chi connectivity index (χ3n) is 6.71. The lowest BCUT2D eigenvalue weighted by Gasteiger charge is -2.40. The third-order valence-corrected chi connectivity index (χ3v) is 8.79. The average Bonchev–Trinajstić information content (AvgIpc) is 3.21. The SMILES string of the molecule is CC(C)N1Cc2cc(O)ccc2N(CCN2CC=C(c3c[nH]c4cc(F)ccc34)CC2)S1(=O)=O. The Morgan fingerprint density at radius 1 is 1.15 bits per heavy atom. The van der Waals surface area contributed by atoms with Crippen molar-refractivity contribution >= 4 is 32.4 Å². The molecule has 3 heterocycles. The van der Waals surface area contributed by atoms with Gasteiger partial charge < -0.3 is 10.1 Å². The van der Waals surface area contributed by atoms with E-state index in [1.165, 1.54) is 32.4 Å². The number of hydrogen-bond acceptors (Lipinski definition) is 4. The Kier molecular flexibility index (Phi) is 5.87. The molecule has 0 atom stereocenters. The molecule has 180 valence electrons. The molecule has 0 radical (unpaired) electrons. The molecule has 9 heteroatoms. The van der Waals surface area contributed by atoms with Crippen molar-refractivity contribution in [1.82, 2.24) is 14.2 Å². The number of rotatable bonds is 5. The van der Waals surface area contributed by atoms with Crippen molar-refractivity contribution in [2.75, 3.05) is 30.5 Å². The Balaban J connectivity index is 1.32. The van der Waals surface area contributed by atoms with Gasteiger partial charge in [-0.15, -0.1) is 0 Å². The first-order chi connectivity index (χ1) is 16.2. The Morgan fingerprint density at radius 2 is 1.97 bits per heavy atom. The highest BCUT2D eigenvalue weighted by atomic mass is 32.2. The minimum Gasteiger partial charge on any atom is -0.508 e. The summed E-state index contributed by atoms with van der Waals surface area (Å²) in [4.78, 5) is 5.39. The van der Waals surface area contributed by atoms with Gasteiger partial charge in [-0.1, -0.05) is 6.08 Å². The summed E-state index contributed by atoms with van der Waals surface area (Å²) < 4.78 is 43.2. The van der Waals surface area contributed by atoms with Crippen LogP contribution in [-0.2, 0) is 16.8 Å². The second kappa shape index (κ2) is 8.72. The maximum absolute atomic E-state index is 13.5. The molecule has 0 fully saturated rings. The van der Waals surface area contributed by atoms with E-state index in [0.29, 0.717) is 25.3 Å². The van der Waals surface area contributed by atoms with Gasteiger partial charge in [0.1, 0.15) is 11.6 Å². The van der Waals surface area contributed by atoms with Crippen LogP contribution in [-0.4, -0.2) is 59.9 Å². The van der Waals surface area contributed by atoms with Gasteiger partial charge >= 0.3 is 10.2 Å². The minimum atomic E-state index is -3.66. The van der Waals surface area contributed by atoms with Gasteiger partial charge in [0.2, 0.25) is 0 Å². The molecule has 0 unspecified atom stereocenters. The highest BCUT2D eigenvalue weighted by Gasteiger charge is 2.38. The molecule has 1 aromatic heterocycles. The maximum atomic E-state index is 13.5. The zero-order valence-corrected chi connectivity index (χ0v) is 20.1. The van der Waals surface area contributed by atoms with Crippen molar-refractivity contribution in [3.05, 3.63) is 65.6 Å². The average molecular weight is 485 g/mol. The van der Waals surface area contributed by atoms with Crippen LogP contribution in [0.4, 0.5) is 10.1 Å². The standard InChI is InChI=1S/C25H29FN4O3S/c1-17(2)30-16-19-13-21(31)4-6-25(19)29(34(30,32)33)12-11-28-9-7-18(8-10-28)23-15-27-24-14-20(26)3-5-22(23)24/h3-7,13-15,17,27,31H,8-12,16H2,1-2H3. The number of aromatic amines is 1. The van der Waals surface area contributed by atoms with Crippen molar-refractivity contribution < 1.29 is 17.9 Å². The number of fused-ring (bicyclic) bond motifs is 2. The fourth-order valence-electron chi connectivity index (χ4n) is 4.88. The molecule has 7 nitrogen and oxygen atoms in total. The molecular formula is C25H29FN4O3S. The van der Waals surface area contributed by atoms with Crippen LogP contribution in [0.2, 0.25) is 0 Å². The molecule has 0 amide bonds. The number of phenolic OH excluding ortho intramolecular Hbond substituents is 1. The Morgan fingerprint density at radius 3 is 2.71 bits per heavy atom. The highest BCUT2D eigenvalue weighted by molar-refractivity contribution is 7.90. The summed E-state index contributed by atoms with van der Waals surface area (Å²) in [6.07, 6.45) is 4.94. The second-order valence-electron chi connectivity index (χ2n) is 9.20. The van der Waals surface area contributed by atoms with Crippen molar-refractivity contribution in [3.8, 4) is 5.75 Å². The third kappa shape index (κ3) is 4.08. The Bertz CT molecular complexity index is 1370. The van der Waals surface area contributed by atoms with E-state index in [4.69, 9.17) is 0 Å². The zero-order chi connectivity index (χ0) is 24.0. The number of aromatic hydroxyl groups is 1. The van der Waals surface area contributed by atoms with E-state index >= 15 is 0 Å². The summed E-state index contributed by atoms with van der Waals surface area (Å²) >= 11 is 0. The number of nitrogens with one attached hydrogen (secondary N) is 1. The molecule has 3 aromatic rings. The maximum Gasteiger partial charge on any atom is 0.304 e. The van der Waals surface area contributed by atoms with Gasteiger partial charge in [0.05, 0.1) is 5.69 Å². The summed E-state index contributed by atoms with van der Waals surface area (Å²) in [5.74, 6) is -0.124. The van der Waals surface area contributed by atoms with E-state index in [1.54, 1.807) is 18.2 Å². The lowest BCUT2D eigenvalue weighted by atomic mass is 9.99. The molecule has 0 bridgehead atoms. The van der Waals surface area contributed by atoms with Gasteiger partial charge in [0.25, 0.3) is 0 Å². The number of phenols is 1. The van der Waals surface area contributed by atoms with E-state index in [0.717, 1.165) is 35.0 Å². The molecule has 2 aliphatic rings. The molecular weight excluding hydrogens is 455 g/mol. The fourth-order valence-corrected chi connectivity index (χ4v) is 6.71. The molecule has 0 saturated carbocycles. The first-order valence-corrected chi connectivity index (χ1v) is 12.9. The molecule has 2 N–H and O–H groups in total. The Labute approximate surface area is 199 Å². The number of aromatic nitrogens is 1. The summed E-state index contributed by atoms with van der Waals surface area (Å²) in [6.45, 7) is 6.42. The van der Waals surface area contributed by atoms with Crippen LogP contribution < -0.4 is 4.31 Å². The van der Waals surface area contributed by atoms with Gasteiger partial charge in [0.15, 0.2) is 0 Å². The topological polar surface area (TPSA) is 79.9 Å². The lowest BCUT2D eigenvalue weighted by Crippen LogP contribution is -2.52. The molecule has 0 aliphatic carbocycles. The van der Waals surface area contributed by atoms with E-state index in [2.05, 4.69) is 16.0 Å². The van der Waals surface area contributed by atoms with Crippen molar-refractivity contribution in [2.24, 2.45) is 0 Å². The molecule has 34 heavy (non-hydrogen) atoms. The largest absolute Gasteiger partial charge is 0.508 e. The minimum absolute atomic E-state index is 0.135. The predicted molar refractivity (Wildman–Crippen MR) is 132 cm³/mol. The first-order valence-electron chi connectivity index (χ1n) is 11.5. The van der Waals surface area contributed by atoms with E-state index < -0.39 is 10.2 Å². The van der Waals surface area contributed by atoms with Gasteiger partial charge in [-0.3, -0.25) is 9.21 Å². The van der Waals surface area contributed by atoms with E-state index in [-0.39, 0.29) is 24.2 Å². The summed E-state index contributed by atoms with van der Waals surface area (Å²) in [5, 5.41) is 10.9. The van der Waals surface area contributed by atoms with Gasteiger partial charge in [-0.2, -0.15) is 12.7 Å². The van der Waals surface area contributed by atoms with Crippen molar-refractivity contribution in [3.63, 3.8) is 0 Å². The number of H-pyrrole nitrogens is 1. The van der Waals surface area contributed by atoms with Gasteiger partial charge in [-0.25, -0.2) is 4.39 Å².